The molecule has 140 valence electrons. The number of nitrogens with one attached hydrogen (secondary N) is 1. The van der Waals surface area contributed by atoms with Crippen molar-refractivity contribution >= 4 is 11.8 Å². The SMILES string of the molecule is COC(=O)Nc1cc(C(F)(F)F)c(C)cc1COc1ccc(C)cc1C. The number of benzene rings is 2. The van der Waals surface area contributed by atoms with Crippen LogP contribution in [0.4, 0.5) is 23.7 Å². The Morgan fingerprint density at radius 1 is 1.08 bits per heavy atom. The summed E-state index contributed by atoms with van der Waals surface area (Å²) in [5, 5.41) is 2.32. The van der Waals surface area contributed by atoms with Gasteiger partial charge in [0.15, 0.2) is 0 Å². The molecule has 0 aromatic heterocycles. The number of hydrogen-bond acceptors (Lipinski definition) is 3. The maximum Gasteiger partial charge on any atom is 0.416 e. The van der Waals surface area contributed by atoms with E-state index in [4.69, 9.17) is 4.74 Å². The molecule has 0 spiro atoms. The number of rotatable bonds is 4. The van der Waals surface area contributed by atoms with Crippen LogP contribution in [-0.2, 0) is 17.5 Å². The predicted octanol–water partition coefficient (Wildman–Crippen LogP) is 5.39. The monoisotopic (exact) mass is 367 g/mol. The van der Waals surface area contributed by atoms with Crippen molar-refractivity contribution in [2.45, 2.75) is 33.6 Å². The summed E-state index contributed by atoms with van der Waals surface area (Å²) in [6, 6.07) is 7.88. The number of ether oxygens (including phenoxy) is 2. The lowest BCUT2D eigenvalue weighted by Gasteiger charge is -2.18. The molecule has 2 rings (SSSR count). The van der Waals surface area contributed by atoms with Crippen LogP contribution in [-0.4, -0.2) is 13.2 Å². The summed E-state index contributed by atoms with van der Waals surface area (Å²) >= 11 is 0. The molecule has 7 heteroatoms. The molecule has 0 atom stereocenters. The van der Waals surface area contributed by atoms with Gasteiger partial charge in [-0.2, -0.15) is 13.2 Å². The third kappa shape index (κ3) is 4.68. The summed E-state index contributed by atoms with van der Waals surface area (Å²) in [5.74, 6) is 0.622. The summed E-state index contributed by atoms with van der Waals surface area (Å²) < 4.78 is 49.7. The van der Waals surface area contributed by atoms with E-state index in [-0.39, 0.29) is 17.9 Å². The van der Waals surface area contributed by atoms with Gasteiger partial charge in [0, 0.05) is 5.56 Å². The van der Waals surface area contributed by atoms with Gasteiger partial charge in [0.2, 0.25) is 0 Å². The van der Waals surface area contributed by atoms with Crippen LogP contribution in [0.1, 0.15) is 27.8 Å². The van der Waals surface area contributed by atoms with Gasteiger partial charge in [-0.05, 0) is 50.1 Å². The zero-order valence-electron chi connectivity index (χ0n) is 15.0. The maximum absolute atomic E-state index is 13.1. The van der Waals surface area contributed by atoms with Crippen molar-refractivity contribution in [2.75, 3.05) is 12.4 Å². The number of amides is 1. The van der Waals surface area contributed by atoms with E-state index in [2.05, 4.69) is 10.1 Å². The predicted molar refractivity (Wildman–Crippen MR) is 92.5 cm³/mol. The van der Waals surface area contributed by atoms with Crippen LogP contribution >= 0.6 is 0 Å². The van der Waals surface area contributed by atoms with Gasteiger partial charge in [-0.1, -0.05) is 17.7 Å². The summed E-state index contributed by atoms with van der Waals surface area (Å²) in [4.78, 5) is 11.5. The van der Waals surface area contributed by atoms with Crippen LogP contribution in [0.3, 0.4) is 0 Å². The molecule has 0 aliphatic rings. The number of carbonyl (C=O) groups is 1. The van der Waals surface area contributed by atoms with Crippen LogP contribution in [0.25, 0.3) is 0 Å². The lowest BCUT2D eigenvalue weighted by Crippen LogP contribution is -2.16. The first kappa shape index (κ1) is 19.6. The average molecular weight is 367 g/mol. The minimum atomic E-state index is -4.52. The van der Waals surface area contributed by atoms with Gasteiger partial charge in [0.05, 0.1) is 18.4 Å². The molecule has 4 nitrogen and oxygen atoms in total. The second-order valence-corrected chi connectivity index (χ2v) is 6.00. The van der Waals surface area contributed by atoms with Crippen molar-refractivity contribution < 1.29 is 27.4 Å². The van der Waals surface area contributed by atoms with E-state index in [0.717, 1.165) is 24.3 Å². The van der Waals surface area contributed by atoms with E-state index in [1.807, 2.05) is 26.0 Å². The van der Waals surface area contributed by atoms with E-state index in [0.29, 0.717) is 11.3 Å². The van der Waals surface area contributed by atoms with Gasteiger partial charge in [-0.15, -0.1) is 0 Å². The molecule has 2 aromatic carbocycles. The van der Waals surface area contributed by atoms with Crippen molar-refractivity contribution in [2.24, 2.45) is 0 Å². The molecular formula is C19H20F3NO3. The maximum atomic E-state index is 13.1. The number of halogens is 3. The normalized spacial score (nSPS) is 11.2. The van der Waals surface area contributed by atoms with Crippen LogP contribution in [0.2, 0.25) is 0 Å². The van der Waals surface area contributed by atoms with Crippen LogP contribution < -0.4 is 10.1 Å². The molecule has 0 unspecified atom stereocenters. The van der Waals surface area contributed by atoms with Crippen molar-refractivity contribution in [3.63, 3.8) is 0 Å². The van der Waals surface area contributed by atoms with Gasteiger partial charge < -0.3 is 9.47 Å². The molecule has 0 aliphatic heterocycles. The highest BCUT2D eigenvalue weighted by Crippen LogP contribution is 2.35. The first-order chi connectivity index (χ1) is 12.1. The fourth-order valence-electron chi connectivity index (χ4n) is 2.59. The molecule has 0 saturated carbocycles. The number of hydrogen-bond donors (Lipinski definition) is 1. The number of methoxy groups -OCH3 is 1. The topological polar surface area (TPSA) is 47.6 Å². The molecule has 26 heavy (non-hydrogen) atoms. The van der Waals surface area contributed by atoms with Gasteiger partial charge in [0.25, 0.3) is 0 Å². The van der Waals surface area contributed by atoms with Crippen molar-refractivity contribution in [3.05, 3.63) is 58.1 Å². The highest BCUT2D eigenvalue weighted by Gasteiger charge is 2.33. The second-order valence-electron chi connectivity index (χ2n) is 6.00. The second kappa shape index (κ2) is 7.68. The lowest BCUT2D eigenvalue weighted by atomic mass is 10.0. The Morgan fingerprint density at radius 3 is 2.35 bits per heavy atom. The Morgan fingerprint density at radius 2 is 1.77 bits per heavy atom. The van der Waals surface area contributed by atoms with Gasteiger partial charge in [-0.3, -0.25) is 5.32 Å². The molecule has 0 fully saturated rings. The third-order valence-corrected chi connectivity index (χ3v) is 3.89. The van der Waals surface area contributed by atoms with Crippen molar-refractivity contribution in [1.29, 1.82) is 0 Å². The quantitative estimate of drug-likeness (QED) is 0.788. The lowest BCUT2D eigenvalue weighted by molar-refractivity contribution is -0.138. The smallest absolute Gasteiger partial charge is 0.416 e. The molecule has 0 radical (unpaired) electrons. The molecule has 0 bridgehead atoms. The van der Waals surface area contributed by atoms with Crippen molar-refractivity contribution in [3.8, 4) is 5.75 Å². The van der Waals surface area contributed by atoms with Gasteiger partial charge in [-0.25, -0.2) is 4.79 Å². The average Bonchev–Trinajstić information content (AvgIpc) is 2.54. The molecular weight excluding hydrogens is 347 g/mol. The number of carbonyl (C=O) groups excluding carboxylic acids is 1. The summed E-state index contributed by atoms with van der Waals surface area (Å²) in [7, 11) is 1.14. The summed E-state index contributed by atoms with van der Waals surface area (Å²) in [6.45, 7) is 5.20. The summed E-state index contributed by atoms with van der Waals surface area (Å²) in [6.07, 6.45) is -5.38. The van der Waals surface area contributed by atoms with E-state index >= 15 is 0 Å². The fraction of sp³-hybridized carbons (Fsp3) is 0.316. The molecule has 2 aromatic rings. The minimum absolute atomic E-state index is 0.000426. The van der Waals surface area contributed by atoms with Crippen molar-refractivity contribution in [1.82, 2.24) is 0 Å². The Kier molecular flexibility index (Phi) is 5.79. The fourth-order valence-corrected chi connectivity index (χ4v) is 2.59. The number of alkyl halides is 3. The van der Waals surface area contributed by atoms with E-state index < -0.39 is 17.8 Å². The Hall–Kier alpha value is -2.70. The third-order valence-electron chi connectivity index (χ3n) is 3.89. The van der Waals surface area contributed by atoms with Crippen LogP contribution in [0.15, 0.2) is 30.3 Å². The zero-order valence-corrected chi connectivity index (χ0v) is 15.0. The Bertz CT molecular complexity index is 816. The molecule has 0 saturated heterocycles. The van der Waals surface area contributed by atoms with Gasteiger partial charge >= 0.3 is 12.3 Å². The molecule has 1 N–H and O–H groups in total. The van der Waals surface area contributed by atoms with E-state index in [9.17, 15) is 18.0 Å². The number of aryl methyl sites for hydroxylation is 3. The molecule has 0 heterocycles. The highest BCUT2D eigenvalue weighted by atomic mass is 19.4. The largest absolute Gasteiger partial charge is 0.489 e. The van der Waals surface area contributed by atoms with E-state index in [1.165, 1.54) is 13.0 Å². The Labute approximate surface area is 149 Å². The first-order valence-corrected chi connectivity index (χ1v) is 7.87. The Balaban J connectivity index is 2.36. The summed E-state index contributed by atoms with van der Waals surface area (Å²) in [5.41, 5.74) is 1.64. The molecule has 0 aliphatic carbocycles. The highest BCUT2D eigenvalue weighted by molar-refractivity contribution is 5.86. The minimum Gasteiger partial charge on any atom is -0.489 e. The van der Waals surface area contributed by atoms with Crippen LogP contribution in [0.5, 0.6) is 5.75 Å². The van der Waals surface area contributed by atoms with Gasteiger partial charge in [0.1, 0.15) is 12.4 Å². The standard InChI is InChI=1S/C19H20F3NO3/c1-11-5-6-17(13(3)7-11)26-10-14-8-12(2)15(19(20,21)22)9-16(14)23-18(24)25-4/h5-9H,10H2,1-4H3,(H,23,24). The molecule has 1 amide bonds. The van der Waals surface area contributed by atoms with E-state index in [1.54, 1.807) is 6.07 Å². The van der Waals surface area contributed by atoms with Crippen LogP contribution in [0, 0.1) is 20.8 Å². The zero-order chi connectivity index (χ0) is 19.5. The first-order valence-electron chi connectivity index (χ1n) is 7.87. The number of anilines is 1.